The number of benzene rings is 1. The van der Waals surface area contributed by atoms with Crippen LogP contribution in [0.1, 0.15) is 18.9 Å². The summed E-state index contributed by atoms with van der Waals surface area (Å²) in [6, 6.07) is 6.86. The molecule has 5 nitrogen and oxygen atoms in total. The zero-order valence-electron chi connectivity index (χ0n) is 9.84. The van der Waals surface area contributed by atoms with E-state index in [1.54, 1.807) is 38.2 Å². The largest absolute Gasteiger partial charge is 0.508 e. The molecule has 0 spiro atoms. The molecule has 90 valence electrons. The van der Waals surface area contributed by atoms with Crippen LogP contribution in [-0.4, -0.2) is 28.9 Å². The van der Waals surface area contributed by atoms with Crippen molar-refractivity contribution in [2.24, 2.45) is 10.7 Å². The summed E-state index contributed by atoms with van der Waals surface area (Å²) in [6.45, 7) is 1.79. The number of aliphatic imine (C=N–C) groups is 1. The number of guanidine groups is 1. The number of carbonyl (C=O) groups excluding carboxylic acids is 1. The van der Waals surface area contributed by atoms with Crippen molar-refractivity contribution in [3.05, 3.63) is 29.8 Å². The molecule has 0 saturated carbocycles. The Kier molecular flexibility index (Phi) is 2.53. The standard InChI is InChI=1S/C12H15N3O2/c1-12(8-5-3-4-6-9(8)16)7-10(17)15(2)11(13)14-12/h3-6,16H,7H2,1-2H3,(H2,13,14)/t12-/m0/s1. The first-order chi connectivity index (χ1) is 7.94. The van der Waals surface area contributed by atoms with Crippen LogP contribution in [0.2, 0.25) is 0 Å². The number of phenolic OH excluding ortho intramolecular Hbond substituents is 1. The van der Waals surface area contributed by atoms with Crippen LogP contribution >= 0.6 is 0 Å². The molecule has 1 atom stereocenters. The Labute approximate surface area is 99.6 Å². The Bertz CT molecular complexity index is 498. The predicted molar refractivity (Wildman–Crippen MR) is 64.5 cm³/mol. The number of para-hydroxylation sites is 1. The second kappa shape index (κ2) is 3.76. The van der Waals surface area contributed by atoms with Crippen LogP contribution < -0.4 is 5.73 Å². The fourth-order valence-corrected chi connectivity index (χ4v) is 1.99. The molecule has 3 N–H and O–H groups in total. The van der Waals surface area contributed by atoms with Crippen molar-refractivity contribution in [3.8, 4) is 5.75 Å². The molecule has 1 aliphatic heterocycles. The first-order valence-electron chi connectivity index (χ1n) is 5.34. The molecule has 0 bridgehead atoms. The van der Waals surface area contributed by atoms with E-state index in [9.17, 15) is 9.90 Å². The van der Waals surface area contributed by atoms with Gasteiger partial charge in [0.2, 0.25) is 5.91 Å². The molecule has 0 aromatic heterocycles. The van der Waals surface area contributed by atoms with Crippen molar-refractivity contribution in [2.75, 3.05) is 7.05 Å². The van der Waals surface area contributed by atoms with Crippen LogP contribution in [0.3, 0.4) is 0 Å². The minimum atomic E-state index is -0.793. The van der Waals surface area contributed by atoms with Gasteiger partial charge < -0.3 is 10.8 Å². The minimum absolute atomic E-state index is 0.108. The Balaban J connectivity index is 2.51. The zero-order valence-corrected chi connectivity index (χ0v) is 9.84. The fraction of sp³-hybridized carbons (Fsp3) is 0.333. The van der Waals surface area contributed by atoms with Crippen molar-refractivity contribution in [1.82, 2.24) is 4.90 Å². The van der Waals surface area contributed by atoms with Crippen LogP contribution in [0.4, 0.5) is 0 Å². The summed E-state index contributed by atoms with van der Waals surface area (Å²) in [6.07, 6.45) is 0.196. The Hall–Kier alpha value is -2.04. The van der Waals surface area contributed by atoms with Gasteiger partial charge in [-0.1, -0.05) is 18.2 Å². The SMILES string of the molecule is CN1C(=O)C[C@@](C)(c2ccccc2O)N=C1N. The van der Waals surface area contributed by atoms with E-state index in [0.29, 0.717) is 5.56 Å². The van der Waals surface area contributed by atoms with Crippen LogP contribution in [0.25, 0.3) is 0 Å². The third-order valence-corrected chi connectivity index (χ3v) is 3.06. The third-order valence-electron chi connectivity index (χ3n) is 3.06. The maximum absolute atomic E-state index is 11.8. The second-order valence-corrected chi connectivity index (χ2v) is 4.39. The van der Waals surface area contributed by atoms with Gasteiger partial charge in [-0.05, 0) is 13.0 Å². The van der Waals surface area contributed by atoms with Gasteiger partial charge in [0.05, 0.1) is 12.0 Å². The average molecular weight is 233 g/mol. The smallest absolute Gasteiger partial charge is 0.231 e. The van der Waals surface area contributed by atoms with Crippen molar-refractivity contribution in [1.29, 1.82) is 0 Å². The number of carbonyl (C=O) groups is 1. The fourth-order valence-electron chi connectivity index (χ4n) is 1.99. The van der Waals surface area contributed by atoms with Gasteiger partial charge in [0, 0.05) is 12.6 Å². The Morgan fingerprint density at radius 2 is 2.12 bits per heavy atom. The summed E-state index contributed by atoms with van der Waals surface area (Å²) in [5.74, 6) is 0.194. The van der Waals surface area contributed by atoms with Gasteiger partial charge in [-0.25, -0.2) is 4.99 Å². The molecule has 1 aromatic rings. The number of phenols is 1. The van der Waals surface area contributed by atoms with E-state index in [4.69, 9.17) is 5.73 Å². The highest BCUT2D eigenvalue weighted by atomic mass is 16.3. The number of amides is 1. The number of hydrogen-bond acceptors (Lipinski definition) is 4. The molecule has 5 heteroatoms. The molecule has 0 radical (unpaired) electrons. The van der Waals surface area contributed by atoms with Gasteiger partial charge in [-0.2, -0.15) is 0 Å². The highest BCUT2D eigenvalue weighted by molar-refractivity contribution is 5.98. The Morgan fingerprint density at radius 3 is 2.71 bits per heavy atom. The van der Waals surface area contributed by atoms with E-state index in [-0.39, 0.29) is 24.0 Å². The van der Waals surface area contributed by atoms with Crippen molar-refractivity contribution < 1.29 is 9.90 Å². The topological polar surface area (TPSA) is 78.9 Å². The Morgan fingerprint density at radius 1 is 1.47 bits per heavy atom. The van der Waals surface area contributed by atoms with E-state index in [0.717, 1.165) is 0 Å². The normalized spacial score (nSPS) is 24.7. The molecular formula is C12H15N3O2. The monoisotopic (exact) mass is 233 g/mol. The number of hydrogen-bond donors (Lipinski definition) is 2. The zero-order chi connectivity index (χ0) is 12.6. The lowest BCUT2D eigenvalue weighted by molar-refractivity contribution is -0.128. The number of nitrogens with zero attached hydrogens (tertiary/aromatic N) is 2. The maximum atomic E-state index is 11.8. The van der Waals surface area contributed by atoms with Crippen LogP contribution in [0.5, 0.6) is 5.75 Å². The molecule has 17 heavy (non-hydrogen) atoms. The summed E-state index contributed by atoms with van der Waals surface area (Å²) < 4.78 is 0. The lowest BCUT2D eigenvalue weighted by atomic mass is 9.87. The summed E-state index contributed by atoms with van der Waals surface area (Å²) in [5.41, 5.74) is 5.53. The molecule has 1 heterocycles. The molecule has 0 aliphatic carbocycles. The van der Waals surface area contributed by atoms with Gasteiger partial charge in [-0.15, -0.1) is 0 Å². The van der Waals surface area contributed by atoms with Crippen molar-refractivity contribution in [3.63, 3.8) is 0 Å². The molecule has 2 rings (SSSR count). The first-order valence-corrected chi connectivity index (χ1v) is 5.34. The van der Waals surface area contributed by atoms with Crippen molar-refractivity contribution >= 4 is 11.9 Å². The summed E-state index contributed by atoms with van der Waals surface area (Å²) >= 11 is 0. The molecule has 1 amide bonds. The number of aromatic hydroxyl groups is 1. The van der Waals surface area contributed by atoms with Gasteiger partial charge in [0.1, 0.15) is 5.75 Å². The van der Waals surface area contributed by atoms with E-state index < -0.39 is 5.54 Å². The van der Waals surface area contributed by atoms with Gasteiger partial charge >= 0.3 is 0 Å². The quantitative estimate of drug-likeness (QED) is 0.752. The van der Waals surface area contributed by atoms with Crippen LogP contribution in [0, 0.1) is 0 Å². The maximum Gasteiger partial charge on any atom is 0.231 e. The highest BCUT2D eigenvalue weighted by Crippen LogP contribution is 2.37. The van der Waals surface area contributed by atoms with E-state index >= 15 is 0 Å². The number of rotatable bonds is 1. The van der Waals surface area contributed by atoms with E-state index in [1.165, 1.54) is 4.90 Å². The third kappa shape index (κ3) is 1.84. The summed E-state index contributed by atoms with van der Waals surface area (Å²) in [5, 5.41) is 9.83. The van der Waals surface area contributed by atoms with Crippen LogP contribution in [-0.2, 0) is 10.3 Å². The highest BCUT2D eigenvalue weighted by Gasteiger charge is 2.37. The van der Waals surface area contributed by atoms with Crippen LogP contribution in [0.15, 0.2) is 29.3 Å². The average Bonchev–Trinajstić information content (AvgIpc) is 2.26. The van der Waals surface area contributed by atoms with Gasteiger partial charge in [-0.3, -0.25) is 9.69 Å². The lowest BCUT2D eigenvalue weighted by Gasteiger charge is -2.33. The van der Waals surface area contributed by atoms with Gasteiger partial charge in [0.15, 0.2) is 5.96 Å². The number of nitrogens with two attached hydrogens (primary N) is 1. The summed E-state index contributed by atoms with van der Waals surface area (Å²) in [7, 11) is 1.59. The van der Waals surface area contributed by atoms with E-state index in [2.05, 4.69) is 4.99 Å². The lowest BCUT2D eigenvalue weighted by Crippen LogP contribution is -2.47. The minimum Gasteiger partial charge on any atom is -0.508 e. The molecule has 0 fully saturated rings. The summed E-state index contributed by atoms with van der Waals surface area (Å²) in [4.78, 5) is 17.4. The van der Waals surface area contributed by atoms with E-state index in [1.807, 2.05) is 0 Å². The van der Waals surface area contributed by atoms with Gasteiger partial charge in [0.25, 0.3) is 0 Å². The molecule has 1 aliphatic rings. The molecule has 0 unspecified atom stereocenters. The molecule has 0 saturated heterocycles. The van der Waals surface area contributed by atoms with Crippen molar-refractivity contribution in [2.45, 2.75) is 18.9 Å². The molecule has 1 aromatic carbocycles. The predicted octanol–water partition coefficient (Wildman–Crippen LogP) is 0.784. The first kappa shape index (κ1) is 11.4. The second-order valence-electron chi connectivity index (χ2n) is 4.39. The molecular weight excluding hydrogens is 218 g/mol.